The zero-order valence-electron chi connectivity index (χ0n) is 12.8. The monoisotopic (exact) mass is 323 g/mol. The first-order valence-corrected chi connectivity index (χ1v) is 6.74. The fourth-order valence-corrected chi connectivity index (χ4v) is 1.60. The van der Waals surface area contributed by atoms with E-state index in [1.165, 1.54) is 25.1 Å². The van der Waals surface area contributed by atoms with Gasteiger partial charge in [0, 0.05) is 25.6 Å². The minimum absolute atomic E-state index is 0.0529. The largest absolute Gasteiger partial charge is 0.456 e. The number of benzene rings is 1. The molecule has 0 aliphatic rings. The van der Waals surface area contributed by atoms with Crippen molar-refractivity contribution >= 4 is 29.2 Å². The molecule has 0 heterocycles. The molecule has 9 nitrogen and oxygen atoms in total. The van der Waals surface area contributed by atoms with Gasteiger partial charge in [-0.3, -0.25) is 24.5 Å². The van der Waals surface area contributed by atoms with Crippen molar-refractivity contribution in [3.05, 3.63) is 33.9 Å². The molecule has 0 aromatic heterocycles. The molecule has 2 N–H and O–H groups in total. The lowest BCUT2D eigenvalue weighted by Gasteiger charge is -2.09. The van der Waals surface area contributed by atoms with Crippen molar-refractivity contribution < 1.29 is 24.0 Å². The van der Waals surface area contributed by atoms with Gasteiger partial charge in [-0.1, -0.05) is 6.07 Å². The molecule has 0 saturated carbocycles. The van der Waals surface area contributed by atoms with Crippen LogP contribution in [0.2, 0.25) is 0 Å². The summed E-state index contributed by atoms with van der Waals surface area (Å²) < 4.78 is 4.74. The molecule has 0 spiro atoms. The van der Waals surface area contributed by atoms with E-state index in [4.69, 9.17) is 4.74 Å². The van der Waals surface area contributed by atoms with Gasteiger partial charge in [-0.2, -0.15) is 0 Å². The van der Waals surface area contributed by atoms with E-state index < -0.39 is 23.4 Å². The smallest absolute Gasteiger partial charge is 0.308 e. The first-order valence-electron chi connectivity index (χ1n) is 6.74. The van der Waals surface area contributed by atoms with Crippen LogP contribution >= 0.6 is 0 Å². The summed E-state index contributed by atoms with van der Waals surface area (Å²) in [5.41, 5.74) is 0.762. The van der Waals surface area contributed by atoms with Crippen LogP contribution in [0.3, 0.4) is 0 Å². The molecule has 0 bridgehead atoms. The third kappa shape index (κ3) is 6.55. The lowest BCUT2D eigenvalue weighted by Crippen LogP contribution is -2.26. The van der Waals surface area contributed by atoms with E-state index in [1.54, 1.807) is 6.92 Å². The molecule has 1 rings (SSSR count). The number of aryl methyl sites for hydroxylation is 1. The van der Waals surface area contributed by atoms with Crippen molar-refractivity contribution in [3.8, 4) is 0 Å². The van der Waals surface area contributed by atoms with Crippen LogP contribution in [0.5, 0.6) is 0 Å². The Labute approximate surface area is 132 Å². The van der Waals surface area contributed by atoms with Crippen molar-refractivity contribution in [2.75, 3.05) is 18.5 Å². The predicted octanol–water partition coefficient (Wildman–Crippen LogP) is 0.911. The highest BCUT2D eigenvalue weighted by molar-refractivity contribution is 5.93. The first kappa shape index (κ1) is 18.1. The van der Waals surface area contributed by atoms with Crippen LogP contribution in [0.15, 0.2) is 18.2 Å². The Morgan fingerprint density at radius 2 is 2.00 bits per heavy atom. The molecule has 9 heteroatoms. The third-order valence-electron chi connectivity index (χ3n) is 2.77. The second-order valence-corrected chi connectivity index (χ2v) is 4.70. The predicted molar refractivity (Wildman–Crippen MR) is 80.7 cm³/mol. The number of hydrogen-bond acceptors (Lipinski definition) is 6. The Morgan fingerprint density at radius 1 is 1.30 bits per heavy atom. The Bertz CT molecular complexity index is 629. The second-order valence-electron chi connectivity index (χ2n) is 4.70. The van der Waals surface area contributed by atoms with Crippen LogP contribution < -0.4 is 10.6 Å². The average molecular weight is 323 g/mol. The highest BCUT2D eigenvalue weighted by atomic mass is 16.6. The molecule has 0 radical (unpaired) electrons. The number of carbonyl (C=O) groups excluding carboxylic acids is 3. The molecule has 0 atom stereocenters. The molecule has 2 amide bonds. The summed E-state index contributed by atoms with van der Waals surface area (Å²) in [5, 5.41) is 15.6. The van der Waals surface area contributed by atoms with Crippen molar-refractivity contribution in [2.24, 2.45) is 0 Å². The number of nitrogens with one attached hydrogen (secondary N) is 2. The number of non-ortho nitro benzene ring substituents is 1. The number of nitro groups is 1. The molecule has 0 aliphatic heterocycles. The van der Waals surface area contributed by atoms with Crippen LogP contribution in [0.25, 0.3) is 0 Å². The molecule has 0 unspecified atom stereocenters. The quantitative estimate of drug-likeness (QED) is 0.436. The van der Waals surface area contributed by atoms with Crippen LogP contribution in [0.4, 0.5) is 11.4 Å². The van der Waals surface area contributed by atoms with E-state index >= 15 is 0 Å². The van der Waals surface area contributed by atoms with Crippen LogP contribution in [0.1, 0.15) is 18.9 Å². The topological polar surface area (TPSA) is 128 Å². The Morgan fingerprint density at radius 3 is 2.61 bits per heavy atom. The number of hydrogen-bond donors (Lipinski definition) is 2. The lowest BCUT2D eigenvalue weighted by atomic mass is 10.2. The summed E-state index contributed by atoms with van der Waals surface area (Å²) in [4.78, 5) is 43.8. The molecule has 23 heavy (non-hydrogen) atoms. The molecule has 1 aromatic carbocycles. The minimum Gasteiger partial charge on any atom is -0.456 e. The third-order valence-corrected chi connectivity index (χ3v) is 2.77. The molecular weight excluding hydrogens is 306 g/mol. The summed E-state index contributed by atoms with van der Waals surface area (Å²) in [6.45, 7) is 2.61. The van der Waals surface area contributed by atoms with Gasteiger partial charge in [0.25, 0.3) is 11.6 Å². The first-order chi connectivity index (χ1) is 10.8. The van der Waals surface area contributed by atoms with Crippen molar-refractivity contribution in [2.45, 2.75) is 20.3 Å². The zero-order valence-corrected chi connectivity index (χ0v) is 12.8. The number of nitro benzene ring substituents is 1. The maximum absolute atomic E-state index is 11.7. The summed E-state index contributed by atoms with van der Waals surface area (Å²) in [7, 11) is 0. The van der Waals surface area contributed by atoms with Gasteiger partial charge in [0.2, 0.25) is 5.91 Å². The Balaban J connectivity index is 2.48. The van der Waals surface area contributed by atoms with Gasteiger partial charge in [0.1, 0.15) is 0 Å². The molecular formula is C14H17N3O6. The summed E-state index contributed by atoms with van der Waals surface area (Å²) in [6.07, 6.45) is -0.0529. The average Bonchev–Trinajstić information content (AvgIpc) is 2.46. The van der Waals surface area contributed by atoms with Crippen LogP contribution in [-0.4, -0.2) is 35.9 Å². The fourth-order valence-electron chi connectivity index (χ4n) is 1.60. The van der Waals surface area contributed by atoms with Gasteiger partial charge in [-0.25, -0.2) is 0 Å². The number of anilines is 1. The van der Waals surface area contributed by atoms with Gasteiger partial charge in [0.15, 0.2) is 6.61 Å². The van der Waals surface area contributed by atoms with E-state index in [0.29, 0.717) is 5.56 Å². The van der Waals surface area contributed by atoms with E-state index in [0.717, 1.165) is 0 Å². The van der Waals surface area contributed by atoms with Gasteiger partial charge in [-0.05, 0) is 12.5 Å². The number of ether oxygens (including phenoxy) is 1. The lowest BCUT2D eigenvalue weighted by molar-refractivity contribution is -0.384. The zero-order chi connectivity index (χ0) is 17.4. The van der Waals surface area contributed by atoms with Crippen molar-refractivity contribution in [1.82, 2.24) is 5.32 Å². The maximum Gasteiger partial charge on any atom is 0.308 e. The highest BCUT2D eigenvalue weighted by Crippen LogP contribution is 2.21. The standard InChI is InChI=1S/C14H17N3O6/c1-9-3-4-11(17(21)22)7-12(9)16-13(19)8-23-14(20)5-6-15-10(2)18/h3-4,7H,5-6,8H2,1-2H3,(H,15,18)(H,16,19). The van der Waals surface area contributed by atoms with Gasteiger partial charge in [-0.15, -0.1) is 0 Å². The number of amides is 2. The normalized spacial score (nSPS) is 9.83. The number of rotatable bonds is 7. The van der Waals surface area contributed by atoms with Crippen LogP contribution in [0, 0.1) is 17.0 Å². The highest BCUT2D eigenvalue weighted by Gasteiger charge is 2.12. The maximum atomic E-state index is 11.7. The van der Waals surface area contributed by atoms with E-state index in [2.05, 4.69) is 10.6 Å². The fraction of sp³-hybridized carbons (Fsp3) is 0.357. The molecule has 0 saturated heterocycles. The molecule has 124 valence electrons. The van der Waals surface area contributed by atoms with Crippen LogP contribution in [-0.2, 0) is 19.1 Å². The van der Waals surface area contributed by atoms with E-state index in [9.17, 15) is 24.5 Å². The number of esters is 1. The van der Waals surface area contributed by atoms with Crippen molar-refractivity contribution in [3.63, 3.8) is 0 Å². The molecule has 1 aromatic rings. The minimum atomic E-state index is -0.635. The molecule has 0 fully saturated rings. The summed E-state index contributed by atoms with van der Waals surface area (Å²) in [6, 6.07) is 4.06. The van der Waals surface area contributed by atoms with Gasteiger partial charge < -0.3 is 15.4 Å². The van der Waals surface area contributed by atoms with Gasteiger partial charge in [0.05, 0.1) is 17.0 Å². The van der Waals surface area contributed by atoms with Gasteiger partial charge >= 0.3 is 5.97 Å². The van der Waals surface area contributed by atoms with E-state index in [-0.39, 0.29) is 30.2 Å². The SMILES string of the molecule is CC(=O)NCCC(=O)OCC(=O)Nc1cc([N+](=O)[O-])ccc1C. The van der Waals surface area contributed by atoms with Crippen molar-refractivity contribution in [1.29, 1.82) is 0 Å². The summed E-state index contributed by atoms with van der Waals surface area (Å²) in [5.74, 6) is -1.51. The Hall–Kier alpha value is -2.97. The Kier molecular flexibility index (Phi) is 6.66. The van der Waals surface area contributed by atoms with E-state index in [1.807, 2.05) is 0 Å². The number of carbonyl (C=O) groups is 3. The molecule has 0 aliphatic carbocycles. The second kappa shape index (κ2) is 8.47. The number of nitrogens with zero attached hydrogens (tertiary/aromatic N) is 1. The summed E-state index contributed by atoms with van der Waals surface area (Å²) >= 11 is 0.